The molecule has 2 aliphatic rings. The van der Waals surface area contributed by atoms with E-state index in [0.717, 1.165) is 4.90 Å². The van der Waals surface area contributed by atoms with Crippen molar-refractivity contribution < 1.29 is 31.6 Å². The van der Waals surface area contributed by atoms with E-state index in [9.17, 15) is 18.0 Å². The molecular formula is C10H12N4O7S. The van der Waals surface area contributed by atoms with Gasteiger partial charge in [-0.25, -0.2) is 9.59 Å². The van der Waals surface area contributed by atoms with Crippen LogP contribution in [0.15, 0.2) is 6.20 Å². The monoisotopic (exact) mass is 332 g/mol. The maximum atomic E-state index is 12.3. The number of carbonyl (C=O) groups is 2. The second-order valence-electron chi connectivity index (χ2n) is 4.81. The molecular weight excluding hydrogens is 320 g/mol. The van der Waals surface area contributed by atoms with E-state index in [-0.39, 0.29) is 6.54 Å². The Hall–Kier alpha value is -2.18. The molecule has 120 valence electrons. The van der Waals surface area contributed by atoms with E-state index in [4.69, 9.17) is 9.29 Å². The summed E-state index contributed by atoms with van der Waals surface area (Å²) in [7, 11) is -2.12. The zero-order valence-corrected chi connectivity index (χ0v) is 12.3. The Labute approximate surface area is 124 Å². The zero-order chi connectivity index (χ0) is 16.2. The zero-order valence-electron chi connectivity index (χ0n) is 11.5. The number of carbonyl (C=O) groups excluding carboxylic acids is 2. The van der Waals surface area contributed by atoms with Crippen LogP contribution in [0, 0.1) is 0 Å². The van der Waals surface area contributed by atoms with Crippen LogP contribution in [0.3, 0.4) is 0 Å². The number of hydrogen-bond donors (Lipinski definition) is 1. The molecule has 0 aromatic carbocycles. The van der Waals surface area contributed by atoms with Crippen LogP contribution in [0.4, 0.5) is 4.79 Å². The van der Waals surface area contributed by atoms with Crippen molar-refractivity contribution >= 4 is 22.4 Å². The quantitative estimate of drug-likeness (QED) is 0.560. The van der Waals surface area contributed by atoms with E-state index >= 15 is 0 Å². The molecule has 0 spiro atoms. The number of ether oxygens (including phenoxy) is 1. The molecule has 3 rings (SSSR count). The minimum Gasteiger partial charge on any atom is -0.467 e. The highest BCUT2D eigenvalue weighted by molar-refractivity contribution is 7.80. The van der Waals surface area contributed by atoms with Gasteiger partial charge in [0.2, 0.25) is 0 Å². The van der Waals surface area contributed by atoms with Crippen molar-refractivity contribution in [1.29, 1.82) is 0 Å². The molecule has 2 atom stereocenters. The summed E-state index contributed by atoms with van der Waals surface area (Å²) in [5.74, 6) is -0.689. The fourth-order valence-electron chi connectivity index (χ4n) is 2.78. The molecule has 0 aliphatic carbocycles. The lowest BCUT2D eigenvalue weighted by Crippen LogP contribution is -2.40. The Kier molecular flexibility index (Phi) is 3.12. The normalized spacial score (nSPS) is 23.7. The van der Waals surface area contributed by atoms with Crippen LogP contribution >= 0.6 is 0 Å². The van der Waals surface area contributed by atoms with Crippen molar-refractivity contribution in [2.45, 2.75) is 12.1 Å². The molecule has 3 heterocycles. The molecule has 2 aliphatic heterocycles. The number of fused-ring (bicyclic) bond motifs is 4. The lowest BCUT2D eigenvalue weighted by Gasteiger charge is -2.28. The molecule has 0 saturated carbocycles. The molecule has 2 bridgehead atoms. The smallest absolute Gasteiger partial charge is 0.418 e. The van der Waals surface area contributed by atoms with Gasteiger partial charge in [0.25, 0.3) is 0 Å². The Morgan fingerprint density at radius 2 is 2.18 bits per heavy atom. The van der Waals surface area contributed by atoms with Crippen molar-refractivity contribution in [2.75, 3.05) is 13.7 Å². The second kappa shape index (κ2) is 4.66. The molecule has 22 heavy (non-hydrogen) atoms. The van der Waals surface area contributed by atoms with Gasteiger partial charge in [-0.3, -0.25) is 9.23 Å². The minimum absolute atomic E-state index is 0.00676. The van der Waals surface area contributed by atoms with E-state index in [1.807, 2.05) is 0 Å². The van der Waals surface area contributed by atoms with Gasteiger partial charge in [-0.2, -0.15) is 18.6 Å². The molecule has 2 unspecified atom stereocenters. The Bertz CT molecular complexity index is 757. The van der Waals surface area contributed by atoms with Gasteiger partial charge in [0, 0.05) is 12.6 Å². The topological polar surface area (TPSA) is 131 Å². The van der Waals surface area contributed by atoms with E-state index < -0.39 is 34.5 Å². The minimum atomic E-state index is -4.88. The van der Waals surface area contributed by atoms with Crippen LogP contribution in [-0.4, -0.2) is 58.4 Å². The highest BCUT2D eigenvalue weighted by Crippen LogP contribution is 2.44. The lowest BCUT2D eigenvalue weighted by molar-refractivity contribution is -0.146. The van der Waals surface area contributed by atoms with Crippen LogP contribution in [0.1, 0.15) is 23.3 Å². The Balaban J connectivity index is 2.11. The lowest BCUT2D eigenvalue weighted by atomic mass is 9.98. The SMILES string of the molecule is COC(=O)C1c2c(cnn2C)C2CN1C(=O)N2OS(=O)(=O)O. The average molecular weight is 332 g/mol. The number of aromatic nitrogens is 2. The van der Waals surface area contributed by atoms with Crippen molar-refractivity contribution in [1.82, 2.24) is 19.7 Å². The molecule has 1 saturated heterocycles. The maximum absolute atomic E-state index is 12.3. The first kappa shape index (κ1) is 14.7. The van der Waals surface area contributed by atoms with E-state index in [1.165, 1.54) is 18.0 Å². The Morgan fingerprint density at radius 1 is 1.50 bits per heavy atom. The number of hydroxylamine groups is 2. The number of amides is 2. The summed E-state index contributed by atoms with van der Waals surface area (Å²) in [5.41, 5.74) is 0.849. The van der Waals surface area contributed by atoms with E-state index in [0.29, 0.717) is 16.3 Å². The number of rotatable bonds is 3. The van der Waals surface area contributed by atoms with E-state index in [2.05, 4.69) is 9.38 Å². The number of nitrogens with zero attached hydrogens (tertiary/aromatic N) is 4. The standard InChI is InChI=1S/C10H12N4O7S/c1-12-7-5(3-11-12)6-4-13(8(7)9(15)20-2)10(16)14(6)21-22(17,18)19/h3,6,8H,4H2,1-2H3,(H,17,18,19). The highest BCUT2D eigenvalue weighted by Gasteiger charge is 2.54. The highest BCUT2D eigenvalue weighted by atomic mass is 32.3. The third-order valence-corrected chi connectivity index (χ3v) is 3.98. The Morgan fingerprint density at radius 3 is 2.77 bits per heavy atom. The van der Waals surface area contributed by atoms with Crippen LogP contribution in [0.2, 0.25) is 0 Å². The van der Waals surface area contributed by atoms with Crippen molar-refractivity contribution in [2.24, 2.45) is 7.05 Å². The van der Waals surface area contributed by atoms with Crippen molar-refractivity contribution in [3.05, 3.63) is 17.5 Å². The molecule has 0 radical (unpaired) electrons. The maximum Gasteiger partial charge on any atom is 0.418 e. The van der Waals surface area contributed by atoms with Crippen molar-refractivity contribution in [3.63, 3.8) is 0 Å². The van der Waals surface area contributed by atoms with Crippen LogP contribution in [0.25, 0.3) is 0 Å². The van der Waals surface area contributed by atoms with Gasteiger partial charge in [0.05, 0.1) is 25.5 Å². The van der Waals surface area contributed by atoms with Crippen LogP contribution < -0.4 is 0 Å². The van der Waals surface area contributed by atoms with E-state index in [1.54, 1.807) is 7.05 Å². The summed E-state index contributed by atoms with van der Waals surface area (Å²) >= 11 is 0. The van der Waals surface area contributed by atoms with Gasteiger partial charge in [-0.1, -0.05) is 0 Å². The summed E-state index contributed by atoms with van der Waals surface area (Å²) in [6.07, 6.45) is 1.41. The first-order valence-electron chi connectivity index (χ1n) is 6.11. The summed E-state index contributed by atoms with van der Waals surface area (Å²) in [4.78, 5) is 25.4. The summed E-state index contributed by atoms with van der Waals surface area (Å²) in [5, 5.41) is 4.53. The number of methoxy groups -OCH3 is 1. The predicted octanol–water partition coefficient (Wildman–Crippen LogP) is -0.839. The number of aryl methyl sites for hydroxylation is 1. The summed E-state index contributed by atoms with van der Waals surface area (Å²) in [6, 6.07) is -2.74. The molecule has 2 amide bonds. The first-order valence-corrected chi connectivity index (χ1v) is 7.47. The molecule has 11 nitrogen and oxygen atoms in total. The summed E-state index contributed by atoms with van der Waals surface area (Å²) in [6.45, 7) is 0.00676. The molecule has 1 N–H and O–H groups in total. The number of urea groups is 1. The molecule has 12 heteroatoms. The van der Waals surface area contributed by atoms with Crippen LogP contribution in [0.5, 0.6) is 0 Å². The predicted molar refractivity (Wildman–Crippen MR) is 67.3 cm³/mol. The fraction of sp³-hybridized carbons (Fsp3) is 0.500. The fourth-order valence-corrected chi connectivity index (χ4v) is 3.15. The van der Waals surface area contributed by atoms with Gasteiger partial charge in [-0.05, 0) is 0 Å². The largest absolute Gasteiger partial charge is 0.467 e. The van der Waals surface area contributed by atoms with Gasteiger partial charge in [0.15, 0.2) is 6.04 Å². The van der Waals surface area contributed by atoms with Gasteiger partial charge < -0.3 is 9.64 Å². The molecule has 1 aromatic rings. The van der Waals surface area contributed by atoms with Gasteiger partial charge in [-0.15, -0.1) is 4.28 Å². The second-order valence-corrected chi connectivity index (χ2v) is 5.82. The van der Waals surface area contributed by atoms with Crippen molar-refractivity contribution in [3.8, 4) is 0 Å². The number of hydrogen-bond acceptors (Lipinski definition) is 7. The van der Waals surface area contributed by atoms with Gasteiger partial charge in [0.1, 0.15) is 6.04 Å². The first-order chi connectivity index (χ1) is 10.2. The van der Waals surface area contributed by atoms with Gasteiger partial charge >= 0.3 is 22.4 Å². The third kappa shape index (κ3) is 2.03. The van der Waals surface area contributed by atoms with Crippen LogP contribution in [-0.2, 0) is 31.3 Å². The third-order valence-electron chi connectivity index (χ3n) is 3.63. The average Bonchev–Trinajstić information content (AvgIpc) is 2.93. The number of esters is 1. The molecule has 1 aromatic heterocycles. The summed E-state index contributed by atoms with van der Waals surface area (Å²) < 4.78 is 41.1. The molecule has 1 fully saturated rings.